The van der Waals surface area contributed by atoms with Gasteiger partial charge in [0.05, 0.1) is 0 Å². The molecule has 3 N–H and O–H groups in total. The van der Waals surface area contributed by atoms with Crippen molar-refractivity contribution in [3.8, 4) is 0 Å². The van der Waals surface area contributed by atoms with Crippen molar-refractivity contribution in [2.24, 2.45) is 0 Å². The van der Waals surface area contributed by atoms with Crippen LogP contribution in [0.15, 0.2) is 24.3 Å². The number of nitrogens with one attached hydrogen (secondary N) is 3. The molecular formula is C15H21N3O4. The lowest BCUT2D eigenvalue weighted by Crippen LogP contribution is -2.36. The van der Waals surface area contributed by atoms with E-state index >= 15 is 0 Å². The second-order valence-corrected chi connectivity index (χ2v) is 4.52. The summed E-state index contributed by atoms with van der Waals surface area (Å²) in [5, 5.41) is 7.60. The molecule has 0 saturated heterocycles. The molecule has 1 rings (SSSR count). The fourth-order valence-electron chi connectivity index (χ4n) is 1.63. The van der Waals surface area contributed by atoms with Gasteiger partial charge < -0.3 is 20.7 Å². The highest BCUT2D eigenvalue weighted by atomic mass is 16.5. The number of carbonyl (C=O) groups is 3. The first-order chi connectivity index (χ1) is 10.5. The maximum absolute atomic E-state index is 11.7. The number of hydrogen-bond donors (Lipinski definition) is 3. The molecule has 0 bridgehead atoms. The van der Waals surface area contributed by atoms with Crippen molar-refractivity contribution in [1.82, 2.24) is 5.32 Å². The summed E-state index contributed by atoms with van der Waals surface area (Å²) in [4.78, 5) is 34.1. The normalized spacial score (nSPS) is 9.91. The average Bonchev–Trinajstić information content (AvgIpc) is 2.48. The Morgan fingerprint density at radius 2 is 1.59 bits per heavy atom. The van der Waals surface area contributed by atoms with Crippen LogP contribution in [0, 0.1) is 0 Å². The van der Waals surface area contributed by atoms with Crippen molar-refractivity contribution >= 4 is 29.1 Å². The van der Waals surface area contributed by atoms with Crippen molar-refractivity contribution in [2.45, 2.75) is 20.3 Å². The third-order valence-electron chi connectivity index (χ3n) is 2.62. The van der Waals surface area contributed by atoms with Gasteiger partial charge in [-0.2, -0.15) is 0 Å². The van der Waals surface area contributed by atoms with E-state index < -0.39 is 11.8 Å². The molecule has 1 aromatic rings. The van der Waals surface area contributed by atoms with Gasteiger partial charge in [0.15, 0.2) is 0 Å². The minimum absolute atomic E-state index is 0.178. The zero-order valence-electron chi connectivity index (χ0n) is 12.8. The largest absolute Gasteiger partial charge is 0.382 e. The Balaban J connectivity index is 2.37. The SMILES string of the molecule is CCOCCCNC(=O)C(=O)Nc1ccc(NC(C)=O)cc1. The Kier molecular flexibility index (Phi) is 7.63. The summed E-state index contributed by atoms with van der Waals surface area (Å²) in [5.41, 5.74) is 1.09. The van der Waals surface area contributed by atoms with Crippen molar-refractivity contribution in [1.29, 1.82) is 0 Å². The van der Waals surface area contributed by atoms with Crippen LogP contribution < -0.4 is 16.0 Å². The lowest BCUT2D eigenvalue weighted by Gasteiger charge is -2.07. The average molecular weight is 307 g/mol. The van der Waals surface area contributed by atoms with Crippen LogP contribution >= 0.6 is 0 Å². The minimum Gasteiger partial charge on any atom is -0.382 e. The Morgan fingerprint density at radius 1 is 1.00 bits per heavy atom. The third kappa shape index (κ3) is 6.85. The highest BCUT2D eigenvalue weighted by Crippen LogP contribution is 2.13. The monoisotopic (exact) mass is 307 g/mol. The fraction of sp³-hybridized carbons (Fsp3) is 0.400. The topological polar surface area (TPSA) is 96.5 Å². The van der Waals surface area contributed by atoms with E-state index in [0.717, 1.165) is 0 Å². The number of amides is 3. The molecule has 0 atom stereocenters. The maximum atomic E-state index is 11.7. The Morgan fingerprint density at radius 3 is 2.14 bits per heavy atom. The zero-order valence-corrected chi connectivity index (χ0v) is 12.8. The Hall–Kier alpha value is -2.41. The van der Waals surface area contributed by atoms with E-state index in [1.165, 1.54) is 6.92 Å². The van der Waals surface area contributed by atoms with Crippen LogP contribution in [0.4, 0.5) is 11.4 Å². The number of hydrogen-bond acceptors (Lipinski definition) is 4. The molecule has 22 heavy (non-hydrogen) atoms. The fourth-order valence-corrected chi connectivity index (χ4v) is 1.63. The summed E-state index contributed by atoms with van der Waals surface area (Å²) in [7, 11) is 0. The smallest absolute Gasteiger partial charge is 0.313 e. The van der Waals surface area contributed by atoms with Crippen LogP contribution in [-0.4, -0.2) is 37.5 Å². The second kappa shape index (κ2) is 9.51. The van der Waals surface area contributed by atoms with Crippen LogP contribution in [-0.2, 0) is 19.1 Å². The standard InChI is InChI=1S/C15H21N3O4/c1-3-22-10-4-9-16-14(20)15(21)18-13-7-5-12(6-8-13)17-11(2)19/h5-8H,3-4,9-10H2,1-2H3,(H,16,20)(H,17,19)(H,18,21). The molecule has 0 fully saturated rings. The molecule has 0 spiro atoms. The Labute approximate surface area is 129 Å². The van der Waals surface area contributed by atoms with Crippen molar-refractivity contribution in [2.75, 3.05) is 30.4 Å². The van der Waals surface area contributed by atoms with Gasteiger partial charge in [-0.15, -0.1) is 0 Å². The molecule has 120 valence electrons. The van der Waals surface area contributed by atoms with Crippen LogP contribution in [0.3, 0.4) is 0 Å². The van der Waals surface area contributed by atoms with Crippen LogP contribution in [0.5, 0.6) is 0 Å². The van der Waals surface area contributed by atoms with Gasteiger partial charge in [0.2, 0.25) is 5.91 Å². The molecule has 0 aliphatic heterocycles. The van der Waals surface area contributed by atoms with Crippen LogP contribution in [0.25, 0.3) is 0 Å². The molecule has 0 radical (unpaired) electrons. The minimum atomic E-state index is -0.733. The summed E-state index contributed by atoms with van der Waals surface area (Å²) in [6, 6.07) is 6.48. The lowest BCUT2D eigenvalue weighted by molar-refractivity contribution is -0.136. The molecule has 0 unspecified atom stereocenters. The third-order valence-corrected chi connectivity index (χ3v) is 2.62. The molecule has 0 saturated carbocycles. The van der Waals surface area contributed by atoms with Crippen LogP contribution in [0.2, 0.25) is 0 Å². The first-order valence-corrected chi connectivity index (χ1v) is 7.07. The van der Waals surface area contributed by atoms with E-state index in [1.807, 2.05) is 6.92 Å². The van der Waals surface area contributed by atoms with Gasteiger partial charge in [0.1, 0.15) is 0 Å². The molecule has 0 aliphatic rings. The first kappa shape index (κ1) is 17.6. The van der Waals surface area contributed by atoms with E-state index in [0.29, 0.717) is 37.6 Å². The Bertz CT molecular complexity index is 514. The number of benzene rings is 1. The quantitative estimate of drug-likeness (QED) is 0.519. The van der Waals surface area contributed by atoms with E-state index in [1.54, 1.807) is 24.3 Å². The molecule has 0 aliphatic carbocycles. The molecule has 1 aromatic carbocycles. The summed E-state index contributed by atoms with van der Waals surface area (Å²) < 4.78 is 5.13. The van der Waals surface area contributed by atoms with E-state index in [-0.39, 0.29) is 5.91 Å². The molecule has 3 amide bonds. The highest BCUT2D eigenvalue weighted by molar-refractivity contribution is 6.39. The van der Waals surface area contributed by atoms with Gasteiger partial charge in [-0.05, 0) is 37.6 Å². The lowest BCUT2D eigenvalue weighted by atomic mass is 10.2. The molecular weight excluding hydrogens is 286 g/mol. The number of ether oxygens (including phenoxy) is 1. The second-order valence-electron chi connectivity index (χ2n) is 4.52. The molecule has 0 aromatic heterocycles. The number of carbonyl (C=O) groups excluding carboxylic acids is 3. The van der Waals surface area contributed by atoms with Gasteiger partial charge >= 0.3 is 11.8 Å². The summed E-state index contributed by atoms with van der Waals surface area (Å²) in [5.74, 6) is -1.60. The van der Waals surface area contributed by atoms with E-state index in [9.17, 15) is 14.4 Å². The van der Waals surface area contributed by atoms with Gasteiger partial charge in [-0.3, -0.25) is 14.4 Å². The van der Waals surface area contributed by atoms with E-state index in [2.05, 4.69) is 16.0 Å². The van der Waals surface area contributed by atoms with Gasteiger partial charge in [-0.25, -0.2) is 0 Å². The first-order valence-electron chi connectivity index (χ1n) is 7.07. The van der Waals surface area contributed by atoms with Crippen LogP contribution in [0.1, 0.15) is 20.3 Å². The number of rotatable bonds is 7. The highest BCUT2D eigenvalue weighted by Gasteiger charge is 2.12. The van der Waals surface area contributed by atoms with Crippen molar-refractivity contribution < 1.29 is 19.1 Å². The maximum Gasteiger partial charge on any atom is 0.313 e. The summed E-state index contributed by atoms with van der Waals surface area (Å²) in [6.07, 6.45) is 0.651. The van der Waals surface area contributed by atoms with Gasteiger partial charge in [0, 0.05) is 38.1 Å². The van der Waals surface area contributed by atoms with Crippen molar-refractivity contribution in [3.05, 3.63) is 24.3 Å². The molecule has 7 heteroatoms. The zero-order chi connectivity index (χ0) is 16.4. The molecule has 0 heterocycles. The summed E-state index contributed by atoms with van der Waals surface area (Å²) in [6.45, 7) is 4.86. The predicted octanol–water partition coefficient (Wildman–Crippen LogP) is 1.13. The van der Waals surface area contributed by atoms with E-state index in [4.69, 9.17) is 4.74 Å². The van der Waals surface area contributed by atoms with Crippen molar-refractivity contribution in [3.63, 3.8) is 0 Å². The summed E-state index contributed by atoms with van der Waals surface area (Å²) >= 11 is 0. The van der Waals surface area contributed by atoms with Gasteiger partial charge in [0.25, 0.3) is 0 Å². The van der Waals surface area contributed by atoms with Gasteiger partial charge in [-0.1, -0.05) is 0 Å². The predicted molar refractivity (Wildman–Crippen MR) is 83.5 cm³/mol. The number of anilines is 2. The molecule has 7 nitrogen and oxygen atoms in total.